The van der Waals surface area contributed by atoms with Gasteiger partial charge in [-0.05, 0) is 25.1 Å². The van der Waals surface area contributed by atoms with Gasteiger partial charge in [-0.3, -0.25) is 9.59 Å². The molecule has 1 amide bonds. The van der Waals surface area contributed by atoms with Gasteiger partial charge in [0.1, 0.15) is 0 Å². The second kappa shape index (κ2) is 8.79. The summed E-state index contributed by atoms with van der Waals surface area (Å²) in [6.45, 7) is 1.42. The standard InChI is InChI=1S/C22H18N2O5/c1-15(25)17-10-7-11-18(14-17)23-21(26)20(16-8-3-2-4-9-16)29-22(27)19-12-5-6-13-24(19)28/h2-14,20H,1H3,(H,23,26)/t20-/m0/s1. The molecule has 0 spiro atoms. The quantitative estimate of drug-likeness (QED) is 0.302. The molecule has 0 saturated carbocycles. The number of hydrogen-bond acceptors (Lipinski definition) is 5. The van der Waals surface area contributed by atoms with Crippen molar-refractivity contribution in [3.05, 3.63) is 101 Å². The molecule has 3 aromatic rings. The highest BCUT2D eigenvalue weighted by atomic mass is 16.6. The molecule has 0 fully saturated rings. The number of anilines is 1. The van der Waals surface area contributed by atoms with Gasteiger partial charge in [0.2, 0.25) is 6.10 Å². The predicted octanol–water partition coefficient (Wildman–Crippen LogP) is 3.06. The van der Waals surface area contributed by atoms with Gasteiger partial charge in [0.15, 0.2) is 12.0 Å². The van der Waals surface area contributed by atoms with Gasteiger partial charge in [-0.25, -0.2) is 4.79 Å². The van der Waals surface area contributed by atoms with E-state index in [0.717, 1.165) is 0 Å². The topological polar surface area (TPSA) is 99.4 Å². The van der Waals surface area contributed by atoms with Gasteiger partial charge in [0.25, 0.3) is 5.91 Å². The molecule has 0 saturated heterocycles. The highest BCUT2D eigenvalue weighted by Gasteiger charge is 2.28. The van der Waals surface area contributed by atoms with E-state index in [2.05, 4.69) is 5.32 Å². The summed E-state index contributed by atoms with van der Waals surface area (Å²) in [5, 5.41) is 14.5. The van der Waals surface area contributed by atoms with Crippen molar-refractivity contribution in [1.82, 2.24) is 0 Å². The number of ketones is 1. The number of rotatable bonds is 6. The molecule has 7 heteroatoms. The average Bonchev–Trinajstić information content (AvgIpc) is 2.73. The summed E-state index contributed by atoms with van der Waals surface area (Å²) in [5.74, 6) is -1.68. The fourth-order valence-corrected chi connectivity index (χ4v) is 2.68. The lowest BCUT2D eigenvalue weighted by molar-refractivity contribution is -0.608. The van der Waals surface area contributed by atoms with Gasteiger partial charge in [0.05, 0.1) is 0 Å². The van der Waals surface area contributed by atoms with Gasteiger partial charge < -0.3 is 15.3 Å². The lowest BCUT2D eigenvalue weighted by atomic mass is 10.1. The molecule has 29 heavy (non-hydrogen) atoms. The van der Waals surface area contributed by atoms with E-state index in [0.29, 0.717) is 21.5 Å². The minimum atomic E-state index is -1.29. The van der Waals surface area contributed by atoms with Crippen LogP contribution in [0.4, 0.5) is 5.69 Å². The normalized spacial score (nSPS) is 11.3. The number of ether oxygens (including phenoxy) is 1. The zero-order valence-corrected chi connectivity index (χ0v) is 15.6. The van der Waals surface area contributed by atoms with Crippen LogP contribution in [0.3, 0.4) is 0 Å². The van der Waals surface area contributed by atoms with Crippen LogP contribution in [0.1, 0.15) is 39.4 Å². The molecule has 0 unspecified atom stereocenters. The average molecular weight is 390 g/mol. The number of carbonyl (C=O) groups is 3. The van der Waals surface area contributed by atoms with Crippen LogP contribution in [0.2, 0.25) is 0 Å². The summed E-state index contributed by atoms with van der Waals surface area (Å²) in [6, 6.07) is 19.2. The zero-order chi connectivity index (χ0) is 20.8. The third-order valence-corrected chi connectivity index (χ3v) is 4.14. The second-order valence-corrected chi connectivity index (χ2v) is 6.23. The number of hydrogen-bond donors (Lipinski definition) is 1. The maximum absolute atomic E-state index is 12.9. The molecule has 146 valence electrons. The summed E-state index contributed by atoms with van der Waals surface area (Å²) in [7, 11) is 0. The predicted molar refractivity (Wildman–Crippen MR) is 105 cm³/mol. The second-order valence-electron chi connectivity index (χ2n) is 6.23. The van der Waals surface area contributed by atoms with E-state index in [1.165, 1.54) is 37.4 Å². The molecule has 7 nitrogen and oxygen atoms in total. The summed E-state index contributed by atoms with van der Waals surface area (Å²) in [4.78, 5) is 36.9. The number of aromatic nitrogens is 1. The monoisotopic (exact) mass is 390 g/mol. The first kappa shape index (κ1) is 19.8. The van der Waals surface area contributed by atoms with E-state index in [1.54, 1.807) is 48.5 Å². The van der Waals surface area contributed by atoms with Crippen LogP contribution >= 0.6 is 0 Å². The van der Waals surface area contributed by atoms with Crippen LogP contribution in [0.15, 0.2) is 79.0 Å². The molecule has 0 aliphatic carbocycles. The minimum Gasteiger partial charge on any atom is -0.618 e. The molecule has 0 bridgehead atoms. The van der Waals surface area contributed by atoms with Crippen molar-refractivity contribution >= 4 is 23.3 Å². The maximum atomic E-state index is 12.9. The molecule has 3 rings (SSSR count). The van der Waals surface area contributed by atoms with Gasteiger partial charge in [-0.15, -0.1) is 0 Å². The maximum Gasteiger partial charge on any atom is 0.406 e. The van der Waals surface area contributed by atoms with Crippen molar-refractivity contribution in [2.24, 2.45) is 0 Å². The van der Waals surface area contributed by atoms with Crippen molar-refractivity contribution in [2.45, 2.75) is 13.0 Å². The Morgan fingerprint density at radius 3 is 2.38 bits per heavy atom. The molecular formula is C22H18N2O5. The lowest BCUT2D eigenvalue weighted by Crippen LogP contribution is -2.36. The molecule has 1 heterocycles. The molecule has 2 aromatic carbocycles. The minimum absolute atomic E-state index is 0.142. The first-order chi connectivity index (χ1) is 14.0. The molecule has 1 N–H and O–H groups in total. The van der Waals surface area contributed by atoms with Crippen LogP contribution in [-0.4, -0.2) is 17.7 Å². The van der Waals surface area contributed by atoms with Crippen LogP contribution in [-0.2, 0) is 9.53 Å². The smallest absolute Gasteiger partial charge is 0.406 e. The van der Waals surface area contributed by atoms with Crippen molar-refractivity contribution in [3.63, 3.8) is 0 Å². The van der Waals surface area contributed by atoms with Gasteiger partial charge in [0, 0.05) is 28.9 Å². The first-order valence-electron chi connectivity index (χ1n) is 8.81. The summed E-state index contributed by atoms with van der Waals surface area (Å²) < 4.78 is 5.75. The van der Waals surface area contributed by atoms with Crippen LogP contribution in [0.5, 0.6) is 0 Å². The number of nitrogens with one attached hydrogen (secondary N) is 1. The Bertz CT molecular complexity index is 1050. The van der Waals surface area contributed by atoms with Gasteiger partial charge >= 0.3 is 11.7 Å². The van der Waals surface area contributed by atoms with Crippen molar-refractivity contribution in [3.8, 4) is 0 Å². The fourth-order valence-electron chi connectivity index (χ4n) is 2.68. The summed E-state index contributed by atoms with van der Waals surface area (Å²) >= 11 is 0. The SMILES string of the molecule is CC(=O)c1cccc(NC(=O)[C@@H](OC(=O)c2cccc[n+]2[O-])c2ccccc2)c1. The number of pyridine rings is 1. The highest BCUT2D eigenvalue weighted by Crippen LogP contribution is 2.22. The molecule has 0 radical (unpaired) electrons. The zero-order valence-electron chi connectivity index (χ0n) is 15.6. The Balaban J connectivity index is 1.87. The van der Waals surface area contributed by atoms with Crippen molar-refractivity contribution in [1.29, 1.82) is 0 Å². The number of carbonyl (C=O) groups excluding carboxylic acids is 3. The molecule has 1 aromatic heterocycles. The molecular weight excluding hydrogens is 372 g/mol. The fraction of sp³-hybridized carbons (Fsp3) is 0.0909. The lowest BCUT2D eigenvalue weighted by Gasteiger charge is -2.18. The third-order valence-electron chi connectivity index (χ3n) is 4.14. The Labute approximate surface area is 167 Å². The summed E-state index contributed by atoms with van der Waals surface area (Å²) in [5.41, 5.74) is 1.03. The number of Topliss-reactive ketones (excluding diaryl/α,β-unsaturated/α-hetero) is 1. The van der Waals surface area contributed by atoms with E-state index >= 15 is 0 Å². The summed E-state index contributed by atoms with van der Waals surface area (Å²) in [6.07, 6.45) is -0.119. The van der Waals surface area contributed by atoms with E-state index in [9.17, 15) is 19.6 Å². The Morgan fingerprint density at radius 1 is 0.966 bits per heavy atom. The van der Waals surface area contributed by atoms with Gasteiger partial charge in [-0.1, -0.05) is 42.5 Å². The number of nitrogens with zero attached hydrogens (tertiary/aromatic N) is 1. The van der Waals surface area contributed by atoms with Crippen LogP contribution in [0.25, 0.3) is 0 Å². The van der Waals surface area contributed by atoms with E-state index in [4.69, 9.17) is 4.74 Å². The van der Waals surface area contributed by atoms with Crippen LogP contribution < -0.4 is 10.0 Å². The van der Waals surface area contributed by atoms with E-state index in [1.807, 2.05) is 0 Å². The Hall–Kier alpha value is -4.00. The third kappa shape index (κ3) is 4.84. The number of benzene rings is 2. The van der Waals surface area contributed by atoms with E-state index in [-0.39, 0.29) is 11.5 Å². The first-order valence-corrected chi connectivity index (χ1v) is 8.81. The Kier molecular flexibility index (Phi) is 5.99. The molecule has 0 aliphatic rings. The number of esters is 1. The Morgan fingerprint density at radius 2 is 1.69 bits per heavy atom. The molecule has 0 aliphatic heterocycles. The highest BCUT2D eigenvalue weighted by molar-refractivity contribution is 5.99. The largest absolute Gasteiger partial charge is 0.618 e. The number of amides is 1. The van der Waals surface area contributed by atoms with Crippen molar-refractivity contribution < 1.29 is 23.9 Å². The van der Waals surface area contributed by atoms with Crippen molar-refractivity contribution in [2.75, 3.05) is 5.32 Å². The van der Waals surface area contributed by atoms with Crippen LogP contribution in [0, 0.1) is 5.21 Å². The van der Waals surface area contributed by atoms with Gasteiger partial charge in [-0.2, -0.15) is 4.73 Å². The van der Waals surface area contributed by atoms with E-state index < -0.39 is 18.0 Å². The molecule has 1 atom stereocenters.